The van der Waals surface area contributed by atoms with Crippen LogP contribution in [0.4, 0.5) is 5.69 Å². The summed E-state index contributed by atoms with van der Waals surface area (Å²) in [4.78, 5) is 24.8. The molecule has 2 bridgehead atoms. The lowest BCUT2D eigenvalue weighted by Gasteiger charge is -2.40. The molecule has 2 N–H and O–H groups in total. The fourth-order valence-corrected chi connectivity index (χ4v) is 5.85. The Morgan fingerprint density at radius 3 is 2.53 bits per heavy atom. The summed E-state index contributed by atoms with van der Waals surface area (Å²) in [6, 6.07) is 6.00. The van der Waals surface area contributed by atoms with E-state index >= 15 is 0 Å². The maximum Gasteiger partial charge on any atom is 0.291 e. The number of aromatic nitrogens is 3. The van der Waals surface area contributed by atoms with Crippen molar-refractivity contribution in [2.45, 2.75) is 89.8 Å². The van der Waals surface area contributed by atoms with Crippen LogP contribution in [0.5, 0.6) is 0 Å². The normalized spacial score (nSPS) is 29.9. The second-order valence-corrected chi connectivity index (χ2v) is 11.5. The van der Waals surface area contributed by atoms with Crippen molar-refractivity contribution in [1.82, 2.24) is 15.0 Å². The minimum atomic E-state index is -0.377. The van der Waals surface area contributed by atoms with Gasteiger partial charge < -0.3 is 15.0 Å². The Hall–Kier alpha value is -2.98. The van der Waals surface area contributed by atoms with Gasteiger partial charge in [-0.3, -0.25) is 9.78 Å². The molecular formula is C27H33N5O2. The van der Waals surface area contributed by atoms with Crippen LogP contribution >= 0.6 is 0 Å². The fraction of sp³-hybridized carbons (Fsp3) is 0.556. The zero-order valence-corrected chi connectivity index (χ0v) is 20.5. The van der Waals surface area contributed by atoms with Crippen molar-refractivity contribution in [3.05, 3.63) is 47.3 Å². The van der Waals surface area contributed by atoms with Crippen LogP contribution in [-0.4, -0.2) is 32.1 Å². The minimum absolute atomic E-state index is 0.0851. The smallest absolute Gasteiger partial charge is 0.291 e. The highest BCUT2D eigenvalue weighted by Gasteiger charge is 2.50. The van der Waals surface area contributed by atoms with Crippen LogP contribution in [0, 0.1) is 16.7 Å². The number of nitriles is 1. The Kier molecular flexibility index (Phi) is 5.40. The van der Waals surface area contributed by atoms with E-state index in [1.807, 2.05) is 12.1 Å². The second-order valence-electron chi connectivity index (χ2n) is 11.5. The minimum Gasteiger partial charge on any atom is -0.369 e. The van der Waals surface area contributed by atoms with Gasteiger partial charge in [0.15, 0.2) is 5.82 Å². The van der Waals surface area contributed by atoms with Crippen molar-refractivity contribution >= 4 is 17.2 Å². The van der Waals surface area contributed by atoms with Crippen LogP contribution < -0.4 is 5.32 Å². The van der Waals surface area contributed by atoms with Gasteiger partial charge in [-0.15, -0.1) is 0 Å². The van der Waals surface area contributed by atoms with E-state index in [0.29, 0.717) is 11.6 Å². The lowest BCUT2D eigenvalue weighted by molar-refractivity contribution is -0.127. The van der Waals surface area contributed by atoms with Gasteiger partial charge in [0.2, 0.25) is 0 Å². The lowest BCUT2D eigenvalue weighted by atomic mass is 9.77. The third-order valence-corrected chi connectivity index (χ3v) is 7.80. The quantitative estimate of drug-likeness (QED) is 0.608. The molecule has 2 aliphatic heterocycles. The Morgan fingerprint density at radius 1 is 1.18 bits per heavy atom. The molecule has 2 fully saturated rings. The monoisotopic (exact) mass is 459 g/mol. The van der Waals surface area contributed by atoms with E-state index in [-0.39, 0.29) is 34.0 Å². The Balaban J connectivity index is 1.48. The van der Waals surface area contributed by atoms with Crippen molar-refractivity contribution in [2.75, 3.05) is 5.32 Å². The number of rotatable bonds is 4. The van der Waals surface area contributed by atoms with Crippen molar-refractivity contribution in [2.24, 2.45) is 5.41 Å². The molecule has 1 aliphatic carbocycles. The average molecular weight is 460 g/mol. The number of ether oxygens (including phenoxy) is 1. The summed E-state index contributed by atoms with van der Waals surface area (Å²) >= 11 is 0. The molecule has 7 heteroatoms. The molecule has 2 aromatic rings. The maximum absolute atomic E-state index is 12.9. The number of fused-ring (bicyclic) bond motifs is 2. The number of carbonyl (C=O) groups is 1. The van der Waals surface area contributed by atoms with Crippen LogP contribution in [0.25, 0.3) is 5.57 Å². The van der Waals surface area contributed by atoms with Gasteiger partial charge in [-0.05, 0) is 81.9 Å². The molecule has 1 amide bonds. The highest BCUT2D eigenvalue weighted by atomic mass is 16.5. The highest BCUT2D eigenvalue weighted by molar-refractivity contribution is 6.03. The summed E-state index contributed by atoms with van der Waals surface area (Å²) in [5.41, 5.74) is 4.15. The maximum atomic E-state index is 12.9. The number of hydrogen-bond donors (Lipinski definition) is 2. The van der Waals surface area contributed by atoms with Gasteiger partial charge in [-0.2, -0.15) is 5.26 Å². The number of amides is 1. The number of nitrogens with zero attached hydrogens (tertiary/aromatic N) is 3. The molecule has 7 nitrogen and oxygen atoms in total. The summed E-state index contributed by atoms with van der Waals surface area (Å²) in [5, 5.41) is 12.0. The third kappa shape index (κ3) is 4.39. The second kappa shape index (κ2) is 8.06. The van der Waals surface area contributed by atoms with Gasteiger partial charge in [0.1, 0.15) is 11.8 Å². The summed E-state index contributed by atoms with van der Waals surface area (Å²) in [7, 11) is 0. The van der Waals surface area contributed by atoms with Crippen LogP contribution in [0.1, 0.15) is 106 Å². The van der Waals surface area contributed by atoms with Crippen LogP contribution in [0.15, 0.2) is 24.4 Å². The van der Waals surface area contributed by atoms with Crippen molar-refractivity contribution < 1.29 is 9.53 Å². The molecular weight excluding hydrogens is 426 g/mol. The summed E-state index contributed by atoms with van der Waals surface area (Å²) in [6.07, 6.45) is 10.8. The zero-order valence-electron chi connectivity index (χ0n) is 20.5. The predicted octanol–water partition coefficient (Wildman–Crippen LogP) is 5.73. The number of pyridine rings is 1. The number of nitrogens with one attached hydrogen (secondary N) is 2. The molecule has 2 atom stereocenters. The first-order chi connectivity index (χ1) is 16.1. The predicted molar refractivity (Wildman–Crippen MR) is 130 cm³/mol. The molecule has 2 aromatic heterocycles. The Labute approximate surface area is 201 Å². The largest absolute Gasteiger partial charge is 0.369 e. The fourth-order valence-electron chi connectivity index (χ4n) is 5.85. The first-order valence-electron chi connectivity index (χ1n) is 12.2. The summed E-state index contributed by atoms with van der Waals surface area (Å²) < 4.78 is 6.40. The van der Waals surface area contributed by atoms with E-state index in [1.54, 1.807) is 0 Å². The topological polar surface area (TPSA) is 104 Å². The Bertz CT molecular complexity index is 1190. The molecule has 0 spiro atoms. The SMILES string of the molecule is CC1(C)CC=C(c2nc(C3CC4(C)CCC(C)(C3)O4)ccc2NC(=O)c2ncc(C#N)[nH]2)CC1. The lowest BCUT2D eigenvalue weighted by Crippen LogP contribution is -2.40. The van der Waals surface area contributed by atoms with Crippen LogP contribution in [0.3, 0.4) is 0 Å². The molecule has 5 rings (SSSR count). The van der Waals surface area contributed by atoms with Crippen molar-refractivity contribution in [3.8, 4) is 6.07 Å². The van der Waals surface area contributed by atoms with Gasteiger partial charge >= 0.3 is 0 Å². The summed E-state index contributed by atoms with van der Waals surface area (Å²) in [5.74, 6) is 0.0732. The van der Waals surface area contributed by atoms with Gasteiger partial charge in [-0.1, -0.05) is 19.9 Å². The summed E-state index contributed by atoms with van der Waals surface area (Å²) in [6.45, 7) is 9.03. The molecule has 34 heavy (non-hydrogen) atoms. The average Bonchev–Trinajstić information content (AvgIpc) is 3.35. The van der Waals surface area contributed by atoms with Crippen molar-refractivity contribution in [1.29, 1.82) is 5.26 Å². The van der Waals surface area contributed by atoms with Gasteiger partial charge in [0.25, 0.3) is 5.91 Å². The van der Waals surface area contributed by atoms with Crippen LogP contribution in [0.2, 0.25) is 0 Å². The number of allylic oxidation sites excluding steroid dienone is 2. The molecule has 2 saturated heterocycles. The number of imidazole rings is 1. The standard InChI is InChI=1S/C27H33N5O2/c1-25(2)9-7-17(8-10-25)22-21(32-24(33)23-29-16-19(15-28)30-23)6-5-20(31-22)18-13-26(3)11-12-27(4,14-18)34-26/h5-7,16,18H,8-14H2,1-4H3,(H,29,30)(H,32,33). The molecule has 3 aliphatic rings. The zero-order chi connectivity index (χ0) is 24.1. The van der Waals surface area contributed by atoms with Gasteiger partial charge in [0.05, 0.1) is 28.8 Å². The molecule has 178 valence electrons. The molecule has 2 unspecified atom stereocenters. The first-order valence-corrected chi connectivity index (χ1v) is 12.2. The van der Waals surface area contributed by atoms with E-state index < -0.39 is 0 Å². The number of carbonyl (C=O) groups excluding carboxylic acids is 1. The first kappa shape index (κ1) is 22.8. The number of anilines is 1. The van der Waals surface area contributed by atoms with Crippen molar-refractivity contribution in [3.63, 3.8) is 0 Å². The molecule has 4 heterocycles. The molecule has 0 aromatic carbocycles. The number of aromatic amines is 1. The van der Waals surface area contributed by atoms with E-state index in [2.05, 4.69) is 55.1 Å². The Morgan fingerprint density at radius 2 is 1.91 bits per heavy atom. The molecule has 0 saturated carbocycles. The number of hydrogen-bond acceptors (Lipinski definition) is 5. The third-order valence-electron chi connectivity index (χ3n) is 7.80. The molecule has 0 radical (unpaired) electrons. The van der Waals surface area contributed by atoms with E-state index in [4.69, 9.17) is 15.0 Å². The van der Waals surface area contributed by atoms with E-state index in [0.717, 1.165) is 56.3 Å². The van der Waals surface area contributed by atoms with E-state index in [9.17, 15) is 4.79 Å². The van der Waals surface area contributed by atoms with E-state index in [1.165, 1.54) is 11.8 Å². The van der Waals surface area contributed by atoms with Gasteiger partial charge in [-0.25, -0.2) is 4.98 Å². The van der Waals surface area contributed by atoms with Gasteiger partial charge in [0, 0.05) is 11.6 Å². The highest BCUT2D eigenvalue weighted by Crippen LogP contribution is 2.53. The number of H-pyrrole nitrogens is 1. The van der Waals surface area contributed by atoms with Crippen LogP contribution in [-0.2, 0) is 4.74 Å².